The lowest BCUT2D eigenvalue weighted by atomic mass is 9.86. The minimum Gasteiger partial charge on any atom is -0.352 e. The highest BCUT2D eigenvalue weighted by Crippen LogP contribution is 2.54. The molecule has 2 heterocycles. The van der Waals surface area contributed by atoms with E-state index < -0.39 is 0 Å². The molecular weight excluding hydrogens is 368 g/mol. The third-order valence-corrected chi connectivity index (χ3v) is 7.23. The van der Waals surface area contributed by atoms with Crippen molar-refractivity contribution < 1.29 is 9.59 Å². The van der Waals surface area contributed by atoms with Gasteiger partial charge in [0.15, 0.2) is 0 Å². The summed E-state index contributed by atoms with van der Waals surface area (Å²) in [5.74, 6) is 1.03. The number of hydrogen-bond acceptors (Lipinski definition) is 4. The smallest absolute Gasteiger partial charge is 0.254 e. The van der Waals surface area contributed by atoms with Gasteiger partial charge in [-0.2, -0.15) is 0 Å². The lowest BCUT2D eigenvalue weighted by Crippen LogP contribution is -2.44. The summed E-state index contributed by atoms with van der Waals surface area (Å²) in [7, 11) is 0. The van der Waals surface area contributed by atoms with Gasteiger partial charge in [-0.05, 0) is 51.4 Å². The topological polar surface area (TPSA) is 95.2 Å². The molecule has 3 aliphatic rings. The highest BCUT2D eigenvalue weighted by Gasteiger charge is 2.56. The van der Waals surface area contributed by atoms with Crippen LogP contribution >= 0.6 is 0 Å². The number of piperidine rings is 1. The molecule has 1 saturated heterocycles. The van der Waals surface area contributed by atoms with Crippen molar-refractivity contribution in [2.75, 3.05) is 13.1 Å². The van der Waals surface area contributed by atoms with E-state index in [-0.39, 0.29) is 35.3 Å². The highest BCUT2D eigenvalue weighted by molar-refractivity contribution is 5.80. The Morgan fingerprint density at radius 2 is 1.86 bits per heavy atom. The first kappa shape index (κ1) is 20.1. The minimum atomic E-state index is -0.231. The van der Waals surface area contributed by atoms with Crippen LogP contribution < -0.4 is 10.9 Å². The molecule has 7 heteroatoms. The van der Waals surface area contributed by atoms with Crippen molar-refractivity contribution in [3.05, 3.63) is 27.4 Å². The third-order valence-electron chi connectivity index (χ3n) is 7.23. The van der Waals surface area contributed by atoms with Crippen molar-refractivity contribution >= 4 is 11.8 Å². The maximum absolute atomic E-state index is 12.8. The highest BCUT2D eigenvalue weighted by atomic mass is 16.2. The number of rotatable bonds is 4. The first-order valence-corrected chi connectivity index (χ1v) is 11.0. The van der Waals surface area contributed by atoms with Gasteiger partial charge in [0.25, 0.3) is 5.56 Å². The van der Waals surface area contributed by atoms with E-state index in [1.807, 2.05) is 0 Å². The molecule has 0 radical (unpaired) electrons. The fraction of sp³-hybridized carbons (Fsp3) is 0.727. The van der Waals surface area contributed by atoms with Crippen LogP contribution in [0, 0.1) is 25.2 Å². The van der Waals surface area contributed by atoms with Gasteiger partial charge in [0, 0.05) is 36.3 Å². The number of amides is 2. The van der Waals surface area contributed by atoms with Crippen LogP contribution in [0.2, 0.25) is 0 Å². The number of likely N-dealkylation sites (tertiary alicyclic amines) is 1. The van der Waals surface area contributed by atoms with Crippen molar-refractivity contribution in [1.82, 2.24) is 20.2 Å². The molecular formula is C22H32N4O3. The number of aryl methyl sites for hydroxylation is 2. The van der Waals surface area contributed by atoms with Crippen molar-refractivity contribution in [3.8, 4) is 0 Å². The van der Waals surface area contributed by atoms with E-state index >= 15 is 0 Å². The molecule has 1 unspecified atom stereocenters. The Labute approximate surface area is 171 Å². The van der Waals surface area contributed by atoms with E-state index in [1.54, 1.807) is 13.8 Å². The predicted molar refractivity (Wildman–Crippen MR) is 109 cm³/mol. The second kappa shape index (κ2) is 7.92. The van der Waals surface area contributed by atoms with Gasteiger partial charge in [0.05, 0.1) is 6.42 Å². The van der Waals surface area contributed by atoms with Crippen molar-refractivity contribution in [1.29, 1.82) is 0 Å². The molecule has 2 saturated carbocycles. The first-order valence-electron chi connectivity index (χ1n) is 11.0. The molecule has 1 aromatic heterocycles. The normalized spacial score (nSPS) is 23.8. The molecule has 3 fully saturated rings. The molecule has 158 valence electrons. The Kier molecular flexibility index (Phi) is 5.49. The number of carbonyl (C=O) groups is 2. The van der Waals surface area contributed by atoms with E-state index in [0.717, 1.165) is 45.2 Å². The monoisotopic (exact) mass is 400 g/mol. The number of aromatic amines is 1. The maximum Gasteiger partial charge on any atom is 0.254 e. The van der Waals surface area contributed by atoms with Crippen LogP contribution in [0.4, 0.5) is 0 Å². The standard InChI is InChI=1S/C22H32N4O3/c1-14-17(20(28)24-15(2)23-14)12-19(27)25-18-13-22(18)8-10-26(11-9-22)21(29)16-6-4-3-5-7-16/h16,18H,3-13H2,1-2H3,(H,25,27)(H,23,24,28). The van der Waals surface area contributed by atoms with Gasteiger partial charge in [0.2, 0.25) is 11.8 Å². The second-order valence-electron chi connectivity index (χ2n) is 9.24. The first-order chi connectivity index (χ1) is 13.9. The van der Waals surface area contributed by atoms with Crippen molar-refractivity contribution in [2.45, 2.75) is 77.7 Å². The van der Waals surface area contributed by atoms with Gasteiger partial charge < -0.3 is 15.2 Å². The van der Waals surface area contributed by atoms with E-state index in [1.165, 1.54) is 19.3 Å². The summed E-state index contributed by atoms with van der Waals surface area (Å²) in [6.45, 7) is 5.12. The van der Waals surface area contributed by atoms with E-state index in [4.69, 9.17) is 0 Å². The Hall–Kier alpha value is -2.18. The maximum atomic E-state index is 12.8. The zero-order valence-corrected chi connectivity index (χ0v) is 17.6. The van der Waals surface area contributed by atoms with E-state index in [2.05, 4.69) is 20.2 Å². The summed E-state index contributed by atoms with van der Waals surface area (Å²) in [6, 6.07) is 0.166. The van der Waals surface area contributed by atoms with E-state index in [9.17, 15) is 14.4 Å². The fourth-order valence-corrected chi connectivity index (χ4v) is 5.25. The number of nitrogens with zero attached hydrogens (tertiary/aromatic N) is 2. The molecule has 4 rings (SSSR count). The van der Waals surface area contributed by atoms with Gasteiger partial charge in [-0.15, -0.1) is 0 Å². The molecule has 1 aliphatic heterocycles. The summed E-state index contributed by atoms with van der Waals surface area (Å²) in [5, 5.41) is 3.12. The summed E-state index contributed by atoms with van der Waals surface area (Å²) in [5.41, 5.74) is 0.966. The number of hydrogen-bond donors (Lipinski definition) is 2. The Morgan fingerprint density at radius 1 is 1.17 bits per heavy atom. The molecule has 1 spiro atoms. The molecule has 2 N–H and O–H groups in total. The molecule has 0 bridgehead atoms. The Balaban J connectivity index is 1.28. The lowest BCUT2D eigenvalue weighted by molar-refractivity contribution is -0.138. The van der Waals surface area contributed by atoms with Crippen molar-refractivity contribution in [3.63, 3.8) is 0 Å². The van der Waals surface area contributed by atoms with Crippen LogP contribution in [-0.2, 0) is 16.0 Å². The van der Waals surface area contributed by atoms with Crippen LogP contribution in [0.25, 0.3) is 0 Å². The van der Waals surface area contributed by atoms with Crippen molar-refractivity contribution in [2.24, 2.45) is 11.3 Å². The van der Waals surface area contributed by atoms with E-state index in [0.29, 0.717) is 23.0 Å². The molecule has 2 amide bonds. The molecule has 1 atom stereocenters. The Morgan fingerprint density at radius 3 is 2.52 bits per heavy atom. The van der Waals surface area contributed by atoms with Gasteiger partial charge in [-0.25, -0.2) is 4.98 Å². The minimum absolute atomic E-state index is 0.0628. The van der Waals surface area contributed by atoms with Crippen LogP contribution in [0.5, 0.6) is 0 Å². The number of carbonyl (C=O) groups excluding carboxylic acids is 2. The molecule has 2 aliphatic carbocycles. The zero-order valence-electron chi connectivity index (χ0n) is 17.6. The average molecular weight is 401 g/mol. The summed E-state index contributed by atoms with van der Waals surface area (Å²) in [6.07, 6.45) is 8.68. The lowest BCUT2D eigenvalue weighted by Gasteiger charge is -2.36. The number of H-pyrrole nitrogens is 1. The van der Waals surface area contributed by atoms with Gasteiger partial charge in [-0.1, -0.05) is 19.3 Å². The average Bonchev–Trinajstić information content (AvgIpc) is 3.36. The van der Waals surface area contributed by atoms with Crippen LogP contribution in [-0.4, -0.2) is 45.8 Å². The predicted octanol–water partition coefficient (Wildman–Crippen LogP) is 2.01. The third kappa shape index (κ3) is 4.23. The van der Waals surface area contributed by atoms with Gasteiger partial charge in [0.1, 0.15) is 5.82 Å². The molecule has 0 aromatic carbocycles. The fourth-order valence-electron chi connectivity index (χ4n) is 5.25. The number of nitrogens with one attached hydrogen (secondary N) is 2. The quantitative estimate of drug-likeness (QED) is 0.808. The number of aromatic nitrogens is 2. The zero-order chi connectivity index (χ0) is 20.6. The Bertz CT molecular complexity index is 848. The SMILES string of the molecule is Cc1nc(C)c(CC(=O)NC2CC23CCN(C(=O)C2CCCCC2)CC3)c(=O)[nH]1. The van der Waals surface area contributed by atoms with Crippen LogP contribution in [0.1, 0.15) is 68.4 Å². The summed E-state index contributed by atoms with van der Waals surface area (Å²) < 4.78 is 0. The summed E-state index contributed by atoms with van der Waals surface area (Å²) in [4.78, 5) is 46.3. The largest absolute Gasteiger partial charge is 0.352 e. The molecule has 29 heavy (non-hydrogen) atoms. The second-order valence-corrected chi connectivity index (χ2v) is 9.24. The molecule has 1 aromatic rings. The van der Waals surface area contributed by atoms with Gasteiger partial charge in [-0.3, -0.25) is 14.4 Å². The summed E-state index contributed by atoms with van der Waals surface area (Å²) >= 11 is 0. The van der Waals surface area contributed by atoms with Gasteiger partial charge >= 0.3 is 0 Å². The molecule has 7 nitrogen and oxygen atoms in total. The van der Waals surface area contributed by atoms with Crippen LogP contribution in [0.3, 0.4) is 0 Å². The van der Waals surface area contributed by atoms with Crippen LogP contribution in [0.15, 0.2) is 4.79 Å².